The topological polar surface area (TPSA) is 153 Å². The summed E-state index contributed by atoms with van der Waals surface area (Å²) in [6.45, 7) is -0.349. The summed E-state index contributed by atoms with van der Waals surface area (Å²) in [4.78, 5) is 24.7. The Balaban J connectivity index is 2.37. The highest BCUT2D eigenvalue weighted by Gasteiger charge is 2.34. The summed E-state index contributed by atoms with van der Waals surface area (Å²) in [5, 5.41) is 21.3. The Hall–Kier alpha value is -2.63. The SMILES string of the molecule is COC(=O)C1=C(Nc2ccc(S(=O)(=O)O)c(O)c2)C(=O)N(CCO)C1. The first-order valence-electron chi connectivity index (χ1n) is 6.98. The van der Waals surface area contributed by atoms with Crippen LogP contribution in [0.1, 0.15) is 0 Å². The fourth-order valence-corrected chi connectivity index (χ4v) is 2.87. The molecule has 1 aromatic rings. The van der Waals surface area contributed by atoms with E-state index in [0.29, 0.717) is 0 Å². The van der Waals surface area contributed by atoms with E-state index in [9.17, 15) is 23.1 Å². The number of phenols is 1. The van der Waals surface area contributed by atoms with Crippen LogP contribution in [0, 0.1) is 0 Å². The number of nitrogens with zero attached hydrogens (tertiary/aromatic N) is 1. The lowest BCUT2D eigenvalue weighted by molar-refractivity contribution is -0.136. The van der Waals surface area contributed by atoms with Gasteiger partial charge in [0.05, 0.1) is 25.8 Å². The number of carbonyl (C=O) groups is 2. The number of benzene rings is 1. The number of phenolic OH excluding ortho intramolecular Hbond substituents is 1. The van der Waals surface area contributed by atoms with Crippen LogP contribution in [0.5, 0.6) is 5.75 Å². The number of nitrogens with one attached hydrogen (secondary N) is 1. The third kappa shape index (κ3) is 3.90. The van der Waals surface area contributed by atoms with Crippen LogP contribution in [0.25, 0.3) is 0 Å². The Bertz CT molecular complexity index is 846. The number of aliphatic hydroxyl groups is 1. The summed E-state index contributed by atoms with van der Waals surface area (Å²) in [7, 11) is -3.45. The third-order valence-electron chi connectivity index (χ3n) is 3.46. The number of hydrogen-bond acceptors (Lipinski definition) is 8. The lowest BCUT2D eigenvalue weighted by Crippen LogP contribution is -2.31. The van der Waals surface area contributed by atoms with Gasteiger partial charge in [0.15, 0.2) is 0 Å². The molecule has 4 N–H and O–H groups in total. The number of esters is 1. The minimum Gasteiger partial charge on any atom is -0.506 e. The van der Waals surface area contributed by atoms with Gasteiger partial charge in [-0.2, -0.15) is 8.42 Å². The smallest absolute Gasteiger partial charge is 0.337 e. The van der Waals surface area contributed by atoms with E-state index in [1.807, 2.05) is 0 Å². The molecule has 2 rings (SSSR count). The quantitative estimate of drug-likeness (QED) is 0.375. The lowest BCUT2D eigenvalue weighted by atomic mass is 10.2. The van der Waals surface area contributed by atoms with Crippen molar-refractivity contribution in [1.82, 2.24) is 4.90 Å². The Morgan fingerprint density at radius 3 is 2.60 bits per heavy atom. The van der Waals surface area contributed by atoms with Crippen LogP contribution in [-0.2, 0) is 24.4 Å². The van der Waals surface area contributed by atoms with E-state index in [1.165, 1.54) is 11.0 Å². The average Bonchev–Trinajstić information content (AvgIpc) is 2.83. The first-order chi connectivity index (χ1) is 11.7. The molecule has 0 aromatic heterocycles. The van der Waals surface area contributed by atoms with Gasteiger partial charge in [0, 0.05) is 18.3 Å². The zero-order valence-electron chi connectivity index (χ0n) is 13.1. The Morgan fingerprint density at radius 1 is 1.40 bits per heavy atom. The highest BCUT2D eigenvalue weighted by atomic mass is 32.2. The molecular formula is C14H16N2O8S. The summed E-state index contributed by atoms with van der Waals surface area (Å²) in [5.74, 6) is -2.03. The van der Waals surface area contributed by atoms with Gasteiger partial charge in [-0.1, -0.05) is 0 Å². The molecule has 0 spiro atoms. The third-order valence-corrected chi connectivity index (χ3v) is 4.36. The van der Waals surface area contributed by atoms with Gasteiger partial charge in [0.25, 0.3) is 16.0 Å². The van der Waals surface area contributed by atoms with Gasteiger partial charge < -0.3 is 25.2 Å². The van der Waals surface area contributed by atoms with Crippen LogP contribution in [0.2, 0.25) is 0 Å². The fourth-order valence-electron chi connectivity index (χ4n) is 2.31. The molecule has 0 atom stereocenters. The standard InChI is InChI=1S/C14H16N2O8S/c1-24-14(20)9-7-16(4-5-17)13(19)12(9)15-8-2-3-11(10(18)6-8)25(21,22)23/h2-3,6,15,17-18H,4-5,7H2,1H3,(H,21,22,23). The molecule has 1 heterocycles. The summed E-state index contributed by atoms with van der Waals surface area (Å²) in [6.07, 6.45) is 0. The molecule has 0 radical (unpaired) electrons. The normalized spacial score (nSPS) is 14.8. The predicted octanol–water partition coefficient (Wildman–Crippen LogP) is -0.688. The number of amides is 1. The fraction of sp³-hybridized carbons (Fsp3) is 0.286. The molecule has 0 unspecified atom stereocenters. The second kappa shape index (κ2) is 7.09. The Morgan fingerprint density at radius 2 is 2.08 bits per heavy atom. The molecule has 136 valence electrons. The lowest BCUT2D eigenvalue weighted by Gasteiger charge is -2.15. The minimum absolute atomic E-state index is 0.0114. The van der Waals surface area contributed by atoms with E-state index in [1.54, 1.807) is 0 Å². The Kier molecular flexibility index (Phi) is 5.30. The van der Waals surface area contributed by atoms with Crippen LogP contribution in [0.4, 0.5) is 5.69 Å². The second-order valence-corrected chi connectivity index (χ2v) is 6.47. The van der Waals surface area contributed by atoms with Crippen molar-refractivity contribution in [2.45, 2.75) is 4.90 Å². The van der Waals surface area contributed by atoms with Gasteiger partial charge in [-0.3, -0.25) is 9.35 Å². The highest BCUT2D eigenvalue weighted by molar-refractivity contribution is 7.86. The van der Waals surface area contributed by atoms with Crippen LogP contribution in [0.15, 0.2) is 34.4 Å². The first-order valence-corrected chi connectivity index (χ1v) is 8.42. The van der Waals surface area contributed by atoms with Gasteiger partial charge >= 0.3 is 5.97 Å². The van der Waals surface area contributed by atoms with Crippen LogP contribution >= 0.6 is 0 Å². The molecule has 0 aliphatic carbocycles. The van der Waals surface area contributed by atoms with Crippen molar-refractivity contribution in [1.29, 1.82) is 0 Å². The molecule has 1 aromatic carbocycles. The molecule has 1 aliphatic heterocycles. The van der Waals surface area contributed by atoms with E-state index < -0.39 is 32.6 Å². The van der Waals surface area contributed by atoms with E-state index in [0.717, 1.165) is 19.2 Å². The predicted molar refractivity (Wildman–Crippen MR) is 84.3 cm³/mol. The molecular weight excluding hydrogens is 356 g/mol. The summed E-state index contributed by atoms with van der Waals surface area (Å²) in [5.41, 5.74) is 0.0269. The molecule has 0 saturated carbocycles. The molecule has 10 nitrogen and oxygen atoms in total. The first kappa shape index (κ1) is 18.7. The van der Waals surface area contributed by atoms with Crippen LogP contribution < -0.4 is 5.32 Å². The van der Waals surface area contributed by atoms with E-state index in [4.69, 9.17) is 9.66 Å². The van der Waals surface area contributed by atoms with Crippen molar-refractivity contribution in [3.8, 4) is 5.75 Å². The number of ether oxygens (including phenoxy) is 1. The van der Waals surface area contributed by atoms with Crippen LogP contribution in [-0.4, -0.2) is 66.8 Å². The summed E-state index contributed by atoms with van der Waals surface area (Å²) in [6, 6.07) is 3.12. The van der Waals surface area contributed by atoms with Crippen molar-refractivity contribution in [3.63, 3.8) is 0 Å². The number of aromatic hydroxyl groups is 1. The van der Waals surface area contributed by atoms with E-state index >= 15 is 0 Å². The monoisotopic (exact) mass is 372 g/mol. The number of carbonyl (C=O) groups excluding carboxylic acids is 2. The van der Waals surface area contributed by atoms with Crippen molar-refractivity contribution >= 4 is 27.7 Å². The largest absolute Gasteiger partial charge is 0.506 e. The van der Waals surface area contributed by atoms with Crippen molar-refractivity contribution in [2.24, 2.45) is 0 Å². The number of β-amino-alcohol motifs (C(OH)–C–C–N with tert-alkyl or cyclic N) is 1. The van der Waals surface area contributed by atoms with E-state index in [-0.39, 0.29) is 36.7 Å². The number of aliphatic hydroxyl groups excluding tert-OH is 1. The molecule has 0 fully saturated rings. The summed E-state index contributed by atoms with van der Waals surface area (Å²) < 4.78 is 35.7. The number of rotatable bonds is 6. The zero-order valence-corrected chi connectivity index (χ0v) is 13.9. The number of anilines is 1. The molecule has 0 saturated heterocycles. The molecule has 1 aliphatic rings. The maximum Gasteiger partial charge on any atom is 0.337 e. The maximum atomic E-state index is 12.3. The molecule has 0 bridgehead atoms. The van der Waals surface area contributed by atoms with E-state index in [2.05, 4.69) is 10.1 Å². The van der Waals surface area contributed by atoms with Gasteiger partial charge in [-0.25, -0.2) is 4.79 Å². The second-order valence-electron chi connectivity index (χ2n) is 5.08. The molecule has 1 amide bonds. The van der Waals surface area contributed by atoms with Gasteiger partial charge in [0.1, 0.15) is 16.3 Å². The van der Waals surface area contributed by atoms with Gasteiger partial charge in [-0.05, 0) is 12.1 Å². The average molecular weight is 372 g/mol. The number of methoxy groups -OCH3 is 1. The van der Waals surface area contributed by atoms with Crippen LogP contribution in [0.3, 0.4) is 0 Å². The van der Waals surface area contributed by atoms with Gasteiger partial charge in [0.2, 0.25) is 0 Å². The maximum absolute atomic E-state index is 12.3. The van der Waals surface area contributed by atoms with Crippen molar-refractivity contribution in [3.05, 3.63) is 29.5 Å². The van der Waals surface area contributed by atoms with Gasteiger partial charge in [-0.15, -0.1) is 0 Å². The van der Waals surface area contributed by atoms with Crippen molar-refractivity contribution < 1.29 is 37.5 Å². The zero-order chi connectivity index (χ0) is 18.8. The summed E-state index contributed by atoms with van der Waals surface area (Å²) >= 11 is 0. The molecule has 25 heavy (non-hydrogen) atoms. The minimum atomic E-state index is -4.60. The Labute approximate surface area is 143 Å². The molecule has 11 heteroatoms. The number of hydrogen-bond donors (Lipinski definition) is 4. The highest BCUT2D eigenvalue weighted by Crippen LogP contribution is 2.28. The van der Waals surface area contributed by atoms with Crippen molar-refractivity contribution in [2.75, 3.05) is 32.1 Å².